The number of hydrogen-bond donors (Lipinski definition) is 1. The van der Waals surface area contributed by atoms with Gasteiger partial charge >= 0.3 is 0 Å². The van der Waals surface area contributed by atoms with E-state index in [2.05, 4.69) is 16.3 Å². The first-order valence-electron chi connectivity index (χ1n) is 7.14. The molecule has 0 fully saturated rings. The van der Waals surface area contributed by atoms with Gasteiger partial charge in [0.25, 0.3) is 5.69 Å². The summed E-state index contributed by atoms with van der Waals surface area (Å²) in [5.74, 6) is 0. The third-order valence-electron chi connectivity index (χ3n) is 3.52. The summed E-state index contributed by atoms with van der Waals surface area (Å²) in [6.45, 7) is 0. The molecule has 0 bridgehead atoms. The first-order valence-corrected chi connectivity index (χ1v) is 7.14. The zero-order valence-electron chi connectivity index (χ0n) is 12.5. The standard InChI is InChI=1S/C18H12N4O2/c19-11-15(13-5-2-1-3-6-13)9-16-12-20-21-18(16)14-7-4-8-17(10-14)22(23)24/h1-10,12H,(H,20,21). The van der Waals surface area contributed by atoms with Gasteiger partial charge in [0.15, 0.2) is 0 Å². The summed E-state index contributed by atoms with van der Waals surface area (Å²) in [6.07, 6.45) is 3.31. The van der Waals surface area contributed by atoms with Crippen LogP contribution in [-0.4, -0.2) is 15.1 Å². The van der Waals surface area contributed by atoms with E-state index in [1.165, 1.54) is 12.1 Å². The largest absolute Gasteiger partial charge is 0.277 e. The Labute approximate surface area is 137 Å². The van der Waals surface area contributed by atoms with E-state index in [0.29, 0.717) is 22.4 Å². The van der Waals surface area contributed by atoms with Crippen molar-refractivity contribution in [2.45, 2.75) is 0 Å². The minimum absolute atomic E-state index is 0.000552. The molecular weight excluding hydrogens is 304 g/mol. The second-order valence-electron chi connectivity index (χ2n) is 5.04. The van der Waals surface area contributed by atoms with Gasteiger partial charge in [0.05, 0.1) is 28.5 Å². The van der Waals surface area contributed by atoms with Crippen LogP contribution in [0.4, 0.5) is 5.69 Å². The zero-order chi connectivity index (χ0) is 16.9. The highest BCUT2D eigenvalue weighted by atomic mass is 16.6. The summed E-state index contributed by atoms with van der Waals surface area (Å²) in [6, 6.07) is 17.7. The van der Waals surface area contributed by atoms with E-state index in [9.17, 15) is 15.4 Å². The minimum Gasteiger partial charge on any atom is -0.277 e. The summed E-state index contributed by atoms with van der Waals surface area (Å²) in [4.78, 5) is 10.5. The summed E-state index contributed by atoms with van der Waals surface area (Å²) in [5, 5.41) is 27.2. The molecule has 3 rings (SSSR count). The highest BCUT2D eigenvalue weighted by molar-refractivity contribution is 5.92. The van der Waals surface area contributed by atoms with Crippen LogP contribution in [0.1, 0.15) is 11.1 Å². The molecule has 0 saturated heterocycles. The van der Waals surface area contributed by atoms with Crippen molar-refractivity contribution in [2.75, 3.05) is 0 Å². The minimum atomic E-state index is -0.444. The number of aromatic amines is 1. The SMILES string of the molecule is N#CC(=Cc1cn[nH]c1-c1cccc([N+](=O)[O-])c1)c1ccccc1. The lowest BCUT2D eigenvalue weighted by Gasteiger charge is -2.02. The fraction of sp³-hybridized carbons (Fsp3) is 0. The molecular formula is C18H12N4O2. The van der Waals surface area contributed by atoms with Gasteiger partial charge in [0, 0.05) is 23.3 Å². The van der Waals surface area contributed by atoms with Gasteiger partial charge in [-0.15, -0.1) is 0 Å². The average molecular weight is 316 g/mol. The second kappa shape index (κ2) is 6.58. The first-order chi connectivity index (χ1) is 11.7. The molecule has 1 aromatic heterocycles. The number of H-pyrrole nitrogens is 1. The Morgan fingerprint density at radius 2 is 2.00 bits per heavy atom. The van der Waals surface area contributed by atoms with Gasteiger partial charge in [-0.25, -0.2) is 0 Å². The Kier molecular flexibility index (Phi) is 4.17. The molecule has 0 aliphatic heterocycles. The molecule has 24 heavy (non-hydrogen) atoms. The molecule has 2 aromatic carbocycles. The van der Waals surface area contributed by atoms with Gasteiger partial charge in [-0.1, -0.05) is 42.5 Å². The Morgan fingerprint density at radius 3 is 2.71 bits per heavy atom. The molecule has 0 aliphatic rings. The van der Waals surface area contributed by atoms with Crippen molar-refractivity contribution in [1.29, 1.82) is 5.26 Å². The third kappa shape index (κ3) is 3.05. The van der Waals surface area contributed by atoms with Crippen molar-refractivity contribution in [1.82, 2.24) is 10.2 Å². The Morgan fingerprint density at radius 1 is 1.21 bits per heavy atom. The van der Waals surface area contributed by atoms with Crippen molar-refractivity contribution in [2.24, 2.45) is 0 Å². The molecule has 0 aliphatic carbocycles. The number of nitriles is 1. The molecule has 1 N–H and O–H groups in total. The van der Waals surface area contributed by atoms with Crippen molar-refractivity contribution in [3.05, 3.63) is 82.0 Å². The molecule has 0 amide bonds. The zero-order valence-corrected chi connectivity index (χ0v) is 12.5. The topological polar surface area (TPSA) is 95.6 Å². The lowest BCUT2D eigenvalue weighted by molar-refractivity contribution is -0.384. The molecule has 6 nitrogen and oxygen atoms in total. The number of nitro groups is 1. The van der Waals surface area contributed by atoms with E-state index in [1.54, 1.807) is 24.4 Å². The van der Waals surface area contributed by atoms with Gasteiger partial charge in [0.2, 0.25) is 0 Å². The van der Waals surface area contributed by atoms with Crippen molar-refractivity contribution >= 4 is 17.3 Å². The van der Waals surface area contributed by atoms with Gasteiger partial charge in [-0.05, 0) is 11.6 Å². The summed E-state index contributed by atoms with van der Waals surface area (Å²) in [7, 11) is 0. The van der Waals surface area contributed by atoms with E-state index < -0.39 is 4.92 Å². The third-order valence-corrected chi connectivity index (χ3v) is 3.52. The summed E-state index contributed by atoms with van der Waals surface area (Å²) < 4.78 is 0. The maximum Gasteiger partial charge on any atom is 0.270 e. The number of allylic oxidation sites excluding steroid dienone is 1. The first kappa shape index (κ1) is 15.2. The van der Waals surface area contributed by atoms with Crippen molar-refractivity contribution in [3.63, 3.8) is 0 Å². The number of nitrogens with one attached hydrogen (secondary N) is 1. The van der Waals surface area contributed by atoms with Gasteiger partial charge in [-0.3, -0.25) is 15.2 Å². The molecule has 6 heteroatoms. The maximum absolute atomic E-state index is 10.9. The van der Waals surface area contributed by atoms with E-state index in [0.717, 1.165) is 5.56 Å². The summed E-state index contributed by atoms with van der Waals surface area (Å²) >= 11 is 0. The monoisotopic (exact) mass is 316 g/mol. The van der Waals surface area contributed by atoms with Gasteiger partial charge in [-0.2, -0.15) is 10.4 Å². The Hall–Kier alpha value is -3.72. The maximum atomic E-state index is 10.9. The number of nitro benzene ring substituents is 1. The van der Waals surface area contributed by atoms with Crippen molar-refractivity contribution in [3.8, 4) is 17.3 Å². The number of aromatic nitrogens is 2. The number of non-ortho nitro benzene ring substituents is 1. The van der Waals surface area contributed by atoms with Crippen LogP contribution in [0, 0.1) is 21.4 Å². The van der Waals surface area contributed by atoms with Crippen LogP contribution in [0.5, 0.6) is 0 Å². The number of hydrogen-bond acceptors (Lipinski definition) is 4. The highest BCUT2D eigenvalue weighted by Crippen LogP contribution is 2.27. The quantitative estimate of drug-likeness (QED) is 0.446. The average Bonchev–Trinajstić information content (AvgIpc) is 3.08. The van der Waals surface area contributed by atoms with Crippen LogP contribution in [0.2, 0.25) is 0 Å². The highest BCUT2D eigenvalue weighted by Gasteiger charge is 2.12. The Bertz CT molecular complexity index is 952. The molecule has 0 unspecified atom stereocenters. The molecule has 0 atom stereocenters. The van der Waals surface area contributed by atoms with Crippen LogP contribution in [0.25, 0.3) is 22.9 Å². The molecule has 1 heterocycles. The Balaban J connectivity index is 2.05. The smallest absolute Gasteiger partial charge is 0.270 e. The normalized spacial score (nSPS) is 11.0. The lowest BCUT2D eigenvalue weighted by atomic mass is 10.0. The fourth-order valence-electron chi connectivity index (χ4n) is 2.36. The van der Waals surface area contributed by atoms with Crippen LogP contribution in [0.3, 0.4) is 0 Å². The van der Waals surface area contributed by atoms with E-state index >= 15 is 0 Å². The number of nitrogens with zero attached hydrogens (tertiary/aromatic N) is 3. The van der Waals surface area contributed by atoms with Gasteiger partial charge < -0.3 is 0 Å². The van der Waals surface area contributed by atoms with Crippen LogP contribution in [0.15, 0.2) is 60.8 Å². The molecule has 0 radical (unpaired) electrons. The van der Waals surface area contributed by atoms with Crippen LogP contribution >= 0.6 is 0 Å². The van der Waals surface area contributed by atoms with Crippen LogP contribution in [-0.2, 0) is 0 Å². The molecule has 116 valence electrons. The predicted octanol–water partition coefficient (Wildman–Crippen LogP) is 4.05. The van der Waals surface area contributed by atoms with E-state index in [4.69, 9.17) is 0 Å². The molecule has 0 saturated carbocycles. The number of benzene rings is 2. The van der Waals surface area contributed by atoms with Crippen LogP contribution < -0.4 is 0 Å². The predicted molar refractivity (Wildman–Crippen MR) is 90.6 cm³/mol. The number of rotatable bonds is 4. The second-order valence-corrected chi connectivity index (χ2v) is 5.04. The molecule has 3 aromatic rings. The molecule has 0 spiro atoms. The lowest BCUT2D eigenvalue weighted by Crippen LogP contribution is -1.89. The van der Waals surface area contributed by atoms with E-state index in [1.807, 2.05) is 30.3 Å². The van der Waals surface area contributed by atoms with E-state index in [-0.39, 0.29) is 5.69 Å². The fourth-order valence-corrected chi connectivity index (χ4v) is 2.36. The van der Waals surface area contributed by atoms with Crippen molar-refractivity contribution < 1.29 is 4.92 Å². The van der Waals surface area contributed by atoms with Gasteiger partial charge in [0.1, 0.15) is 0 Å². The summed E-state index contributed by atoms with van der Waals surface area (Å²) in [5.41, 5.74) is 3.24.